The summed E-state index contributed by atoms with van der Waals surface area (Å²) in [5.41, 5.74) is 4.07. The number of aryl methyl sites for hydroxylation is 3. The van der Waals surface area contributed by atoms with Crippen molar-refractivity contribution in [1.29, 1.82) is 0 Å². The summed E-state index contributed by atoms with van der Waals surface area (Å²) in [6, 6.07) is 8.94. The van der Waals surface area contributed by atoms with E-state index in [9.17, 15) is 0 Å². The smallest absolute Gasteiger partial charge is 0.0479 e. The zero-order valence-corrected chi connectivity index (χ0v) is 10.5. The van der Waals surface area contributed by atoms with E-state index in [0.29, 0.717) is 0 Å². The Hall–Kier alpha value is -1.24. The van der Waals surface area contributed by atoms with Gasteiger partial charge < -0.3 is 4.57 Å². The maximum atomic E-state index is 2.28. The summed E-state index contributed by atoms with van der Waals surface area (Å²) in [7, 11) is 2.11. The summed E-state index contributed by atoms with van der Waals surface area (Å²) in [4.78, 5) is 0. The number of benzene rings is 1. The van der Waals surface area contributed by atoms with Gasteiger partial charge in [0.05, 0.1) is 0 Å². The molecule has 0 bridgehead atoms. The summed E-state index contributed by atoms with van der Waals surface area (Å²) in [6.07, 6.45) is 1.11. The highest BCUT2D eigenvalue weighted by molar-refractivity contribution is 5.81. The van der Waals surface area contributed by atoms with Gasteiger partial charge in [0.2, 0.25) is 0 Å². The highest BCUT2D eigenvalue weighted by Gasteiger charge is 2.01. The van der Waals surface area contributed by atoms with Crippen LogP contribution in [-0.4, -0.2) is 4.57 Å². The van der Waals surface area contributed by atoms with Crippen molar-refractivity contribution in [3.8, 4) is 0 Å². The van der Waals surface area contributed by atoms with E-state index in [4.69, 9.17) is 0 Å². The maximum absolute atomic E-state index is 2.28. The third-order valence-corrected chi connectivity index (χ3v) is 2.75. The van der Waals surface area contributed by atoms with Gasteiger partial charge in [0.25, 0.3) is 0 Å². The van der Waals surface area contributed by atoms with E-state index in [0.717, 1.165) is 6.42 Å². The minimum Gasteiger partial charge on any atom is -0.348 e. The van der Waals surface area contributed by atoms with Gasteiger partial charge in [-0.2, -0.15) is 0 Å². The molecule has 2 aromatic rings. The van der Waals surface area contributed by atoms with Crippen LogP contribution < -0.4 is 0 Å². The van der Waals surface area contributed by atoms with Crippen LogP contribution in [0.5, 0.6) is 0 Å². The van der Waals surface area contributed by atoms with Crippen LogP contribution in [0.3, 0.4) is 0 Å². The molecule has 0 saturated heterocycles. The van der Waals surface area contributed by atoms with Crippen molar-refractivity contribution in [3.63, 3.8) is 0 Å². The highest BCUT2D eigenvalue weighted by Crippen LogP contribution is 2.19. The molecule has 0 atom stereocenters. The standard InChI is InChI=1S/C12H15N.C2H6/c1-4-10-5-6-12-11(8-10)7-9(2)13(12)3;1-2/h5-8H,4H2,1-3H3;1-2H3. The molecule has 1 nitrogen and oxygen atoms in total. The van der Waals surface area contributed by atoms with Crippen molar-refractivity contribution in [1.82, 2.24) is 4.57 Å². The SMILES string of the molecule is CC.CCc1ccc2c(c1)cc(C)n2C. The third-order valence-electron chi connectivity index (χ3n) is 2.75. The molecular weight excluding hydrogens is 182 g/mol. The molecule has 0 spiro atoms. The Morgan fingerprint density at radius 3 is 2.40 bits per heavy atom. The normalized spacial score (nSPS) is 9.93. The first-order valence-electron chi connectivity index (χ1n) is 5.77. The second-order valence-electron chi connectivity index (χ2n) is 3.59. The average Bonchev–Trinajstić information content (AvgIpc) is 2.57. The summed E-state index contributed by atoms with van der Waals surface area (Å²) in [6.45, 7) is 8.34. The third kappa shape index (κ3) is 2.23. The fourth-order valence-corrected chi connectivity index (χ4v) is 1.76. The molecule has 82 valence electrons. The average molecular weight is 203 g/mol. The molecule has 1 aromatic heterocycles. The van der Waals surface area contributed by atoms with E-state index >= 15 is 0 Å². The van der Waals surface area contributed by atoms with Gasteiger partial charge >= 0.3 is 0 Å². The molecule has 2 rings (SSSR count). The van der Waals surface area contributed by atoms with Crippen LogP contribution in [0, 0.1) is 6.92 Å². The fraction of sp³-hybridized carbons (Fsp3) is 0.429. The number of hydrogen-bond donors (Lipinski definition) is 0. The Morgan fingerprint density at radius 2 is 1.80 bits per heavy atom. The minimum absolute atomic E-state index is 1.11. The molecule has 1 heteroatoms. The number of rotatable bonds is 1. The van der Waals surface area contributed by atoms with Crippen LogP contribution in [0.1, 0.15) is 32.0 Å². The van der Waals surface area contributed by atoms with Crippen molar-refractivity contribution in [2.24, 2.45) is 7.05 Å². The summed E-state index contributed by atoms with van der Waals surface area (Å²) in [5, 5.41) is 1.36. The lowest BCUT2D eigenvalue weighted by molar-refractivity contribution is 0.918. The molecule has 0 N–H and O–H groups in total. The number of aromatic nitrogens is 1. The quantitative estimate of drug-likeness (QED) is 0.658. The second-order valence-corrected chi connectivity index (χ2v) is 3.59. The number of hydrogen-bond acceptors (Lipinski definition) is 0. The highest BCUT2D eigenvalue weighted by atomic mass is 14.9. The summed E-state index contributed by atoms with van der Waals surface area (Å²) in [5.74, 6) is 0. The van der Waals surface area contributed by atoms with E-state index in [1.54, 1.807) is 0 Å². The molecule has 0 aliphatic rings. The Balaban J connectivity index is 0.000000531. The van der Waals surface area contributed by atoms with E-state index in [-0.39, 0.29) is 0 Å². The van der Waals surface area contributed by atoms with Crippen molar-refractivity contribution < 1.29 is 0 Å². The van der Waals surface area contributed by atoms with E-state index < -0.39 is 0 Å². The predicted octanol–water partition coefficient (Wildman–Crippen LogP) is 4.08. The summed E-state index contributed by atoms with van der Waals surface area (Å²) < 4.78 is 2.23. The Kier molecular flexibility index (Phi) is 3.96. The Labute approximate surface area is 92.7 Å². The van der Waals surface area contributed by atoms with E-state index in [2.05, 4.69) is 49.7 Å². The lowest BCUT2D eigenvalue weighted by Gasteiger charge is -1.99. The minimum atomic E-state index is 1.11. The van der Waals surface area contributed by atoms with Gasteiger partial charge in [0.1, 0.15) is 0 Å². The molecule has 0 unspecified atom stereocenters. The molecule has 0 saturated carbocycles. The largest absolute Gasteiger partial charge is 0.348 e. The van der Waals surface area contributed by atoms with Crippen LogP contribution in [0.15, 0.2) is 24.3 Å². The zero-order valence-electron chi connectivity index (χ0n) is 10.5. The Bertz CT molecular complexity index is 438. The zero-order chi connectivity index (χ0) is 11.4. The maximum Gasteiger partial charge on any atom is 0.0479 e. The monoisotopic (exact) mass is 203 g/mol. The van der Waals surface area contributed by atoms with Crippen LogP contribution >= 0.6 is 0 Å². The van der Waals surface area contributed by atoms with Gasteiger partial charge in [-0.15, -0.1) is 0 Å². The van der Waals surface area contributed by atoms with Gasteiger partial charge in [0.15, 0.2) is 0 Å². The predicted molar refractivity (Wildman–Crippen MR) is 68.4 cm³/mol. The topological polar surface area (TPSA) is 4.93 Å². The van der Waals surface area contributed by atoms with Crippen molar-refractivity contribution in [2.75, 3.05) is 0 Å². The fourth-order valence-electron chi connectivity index (χ4n) is 1.76. The molecule has 15 heavy (non-hydrogen) atoms. The van der Waals surface area contributed by atoms with Gasteiger partial charge in [-0.1, -0.05) is 26.8 Å². The summed E-state index contributed by atoms with van der Waals surface area (Å²) >= 11 is 0. The molecule has 0 amide bonds. The van der Waals surface area contributed by atoms with E-state index in [1.165, 1.54) is 22.2 Å². The van der Waals surface area contributed by atoms with Gasteiger partial charge in [0, 0.05) is 23.6 Å². The van der Waals surface area contributed by atoms with Crippen molar-refractivity contribution >= 4 is 10.9 Å². The van der Waals surface area contributed by atoms with Gasteiger partial charge in [-0.25, -0.2) is 0 Å². The molecular formula is C14H21N. The first-order valence-corrected chi connectivity index (χ1v) is 5.77. The van der Waals surface area contributed by atoms with Crippen LogP contribution in [0.4, 0.5) is 0 Å². The van der Waals surface area contributed by atoms with Crippen molar-refractivity contribution in [3.05, 3.63) is 35.5 Å². The van der Waals surface area contributed by atoms with Crippen LogP contribution in [-0.2, 0) is 13.5 Å². The van der Waals surface area contributed by atoms with Crippen LogP contribution in [0.25, 0.3) is 10.9 Å². The lowest BCUT2D eigenvalue weighted by atomic mass is 10.1. The number of nitrogens with zero attached hydrogens (tertiary/aromatic N) is 1. The van der Waals surface area contributed by atoms with Gasteiger partial charge in [-0.3, -0.25) is 0 Å². The molecule has 0 aliphatic carbocycles. The first kappa shape index (κ1) is 11.8. The second kappa shape index (κ2) is 5.01. The van der Waals surface area contributed by atoms with Crippen molar-refractivity contribution in [2.45, 2.75) is 34.1 Å². The van der Waals surface area contributed by atoms with Gasteiger partial charge in [-0.05, 0) is 37.1 Å². The number of fused-ring (bicyclic) bond motifs is 1. The molecule has 0 fully saturated rings. The Morgan fingerprint density at radius 1 is 1.13 bits per heavy atom. The molecule has 0 radical (unpaired) electrons. The first-order chi connectivity index (χ1) is 7.22. The molecule has 0 aliphatic heterocycles. The lowest BCUT2D eigenvalue weighted by Crippen LogP contribution is -1.89. The molecule has 1 heterocycles. The molecule has 1 aromatic carbocycles. The van der Waals surface area contributed by atoms with Crippen LogP contribution in [0.2, 0.25) is 0 Å². The van der Waals surface area contributed by atoms with E-state index in [1.807, 2.05) is 13.8 Å².